The maximum atomic E-state index is 13.3. The summed E-state index contributed by atoms with van der Waals surface area (Å²) in [4.78, 5) is 20.6. The molecule has 228 valence electrons. The van der Waals surface area contributed by atoms with Gasteiger partial charge < -0.3 is 14.8 Å². The number of ether oxygens (including phenoxy) is 2. The molecule has 6 rings (SSSR count). The molecule has 0 radical (unpaired) electrons. The molecule has 1 aromatic heterocycles. The van der Waals surface area contributed by atoms with Crippen LogP contribution in [0.5, 0.6) is 5.75 Å². The average molecular weight is 623 g/mol. The third kappa shape index (κ3) is 5.86. The van der Waals surface area contributed by atoms with Crippen molar-refractivity contribution in [3.63, 3.8) is 0 Å². The van der Waals surface area contributed by atoms with Gasteiger partial charge in [0.15, 0.2) is 0 Å². The van der Waals surface area contributed by atoms with E-state index in [9.17, 15) is 4.79 Å². The molecule has 2 aromatic carbocycles. The fourth-order valence-corrected chi connectivity index (χ4v) is 8.12. The Morgan fingerprint density at radius 3 is 2.67 bits per heavy atom. The van der Waals surface area contributed by atoms with Crippen molar-refractivity contribution >= 4 is 34.9 Å². The number of pyridine rings is 1. The smallest absolute Gasteiger partial charge is 0.331 e. The van der Waals surface area contributed by atoms with Gasteiger partial charge in [-0.2, -0.15) is 0 Å². The van der Waals surface area contributed by atoms with Crippen LogP contribution in [-0.2, 0) is 28.0 Å². The summed E-state index contributed by atoms with van der Waals surface area (Å²) in [6.07, 6.45) is 8.19. The van der Waals surface area contributed by atoms with E-state index < -0.39 is 5.54 Å². The van der Waals surface area contributed by atoms with Crippen molar-refractivity contribution in [2.75, 3.05) is 25.6 Å². The normalized spacial score (nSPS) is 25.6. The molecule has 3 aliphatic rings. The summed E-state index contributed by atoms with van der Waals surface area (Å²) in [5, 5.41) is 4.91. The van der Waals surface area contributed by atoms with Crippen molar-refractivity contribution in [2.24, 2.45) is 5.92 Å². The number of anilines is 1. The second-order valence-corrected chi connectivity index (χ2v) is 13.7. The number of esters is 1. The Kier molecular flexibility index (Phi) is 8.65. The van der Waals surface area contributed by atoms with E-state index in [1.54, 1.807) is 0 Å². The fourth-order valence-electron chi connectivity index (χ4n) is 7.74. The van der Waals surface area contributed by atoms with Crippen LogP contribution in [0.25, 0.3) is 0 Å². The lowest BCUT2D eigenvalue weighted by Gasteiger charge is -2.49. The molecule has 1 N–H and O–H groups in total. The van der Waals surface area contributed by atoms with Gasteiger partial charge in [0.25, 0.3) is 0 Å². The number of carbonyl (C=O) groups is 1. The molecule has 2 atom stereocenters. The summed E-state index contributed by atoms with van der Waals surface area (Å²) < 4.78 is 11.9. The van der Waals surface area contributed by atoms with Gasteiger partial charge in [-0.05, 0) is 98.4 Å². The van der Waals surface area contributed by atoms with E-state index in [1.165, 1.54) is 42.3 Å². The summed E-state index contributed by atoms with van der Waals surface area (Å²) in [5.41, 5.74) is 4.89. The lowest BCUT2D eigenvalue weighted by molar-refractivity contribution is -0.148. The molecule has 3 aromatic rings. The van der Waals surface area contributed by atoms with Crippen LogP contribution in [0, 0.1) is 5.92 Å². The summed E-state index contributed by atoms with van der Waals surface area (Å²) in [6, 6.07) is 15.9. The van der Waals surface area contributed by atoms with Crippen LogP contribution in [0.3, 0.4) is 0 Å². The summed E-state index contributed by atoms with van der Waals surface area (Å²) in [7, 11) is 1.47. The van der Waals surface area contributed by atoms with Crippen molar-refractivity contribution in [1.82, 2.24) is 9.88 Å². The monoisotopic (exact) mass is 621 g/mol. The first-order valence-corrected chi connectivity index (χ1v) is 16.3. The molecule has 0 amide bonds. The van der Waals surface area contributed by atoms with Crippen LogP contribution < -0.4 is 10.1 Å². The first-order chi connectivity index (χ1) is 20.7. The maximum absolute atomic E-state index is 13.3. The molecule has 1 fully saturated rings. The maximum Gasteiger partial charge on any atom is 0.331 e. The molecule has 2 aliphatic carbocycles. The minimum absolute atomic E-state index is 0.188. The van der Waals surface area contributed by atoms with Crippen LogP contribution in [0.2, 0.25) is 10.0 Å². The third-order valence-corrected chi connectivity index (χ3v) is 10.4. The minimum Gasteiger partial charge on any atom is -0.493 e. The highest BCUT2D eigenvalue weighted by Crippen LogP contribution is 2.52. The molecule has 1 spiro atoms. The molecular formula is C35H41Cl2N3O3. The number of methoxy groups -OCH3 is 1. The van der Waals surface area contributed by atoms with E-state index in [0.29, 0.717) is 36.3 Å². The summed E-state index contributed by atoms with van der Waals surface area (Å²) in [6.45, 7) is 6.89. The number of benzene rings is 2. The largest absolute Gasteiger partial charge is 0.493 e. The van der Waals surface area contributed by atoms with E-state index in [0.717, 1.165) is 48.8 Å². The molecule has 1 aliphatic heterocycles. The van der Waals surface area contributed by atoms with Gasteiger partial charge in [-0.25, -0.2) is 4.79 Å². The van der Waals surface area contributed by atoms with Crippen molar-refractivity contribution < 1.29 is 14.3 Å². The van der Waals surface area contributed by atoms with Gasteiger partial charge in [-0.1, -0.05) is 49.2 Å². The Labute approximate surface area is 265 Å². The molecule has 8 heteroatoms. The van der Waals surface area contributed by atoms with Gasteiger partial charge in [0.2, 0.25) is 0 Å². The standard InChI is InChI=1S/C35H41Cl2N3O3/c1-23(22-43-31-12-17-38-30-9-4-6-24(2)32(30)31)20-40-21-25-18-27(37)10-11-29(25)35(40)15-13-34(14-16-35,33(41)42-3)39-28-8-5-7-26(36)19-28/h5,7-8,10-12,17-19,23-24,39H,4,6,9,13-16,20-22H2,1-3H3/t23-,24-,34?,35?/m1/s1. The van der Waals surface area contributed by atoms with Crippen molar-refractivity contribution in [3.05, 3.63) is 87.2 Å². The Hall–Kier alpha value is -2.80. The highest BCUT2D eigenvalue weighted by Gasteiger charge is 2.53. The van der Waals surface area contributed by atoms with Crippen molar-refractivity contribution in [3.8, 4) is 5.75 Å². The van der Waals surface area contributed by atoms with Crippen molar-refractivity contribution in [2.45, 2.75) is 82.3 Å². The Morgan fingerprint density at radius 2 is 1.91 bits per heavy atom. The second-order valence-electron chi connectivity index (χ2n) is 12.8. The number of nitrogens with one attached hydrogen (secondary N) is 1. The number of aromatic nitrogens is 1. The highest BCUT2D eigenvalue weighted by atomic mass is 35.5. The van der Waals surface area contributed by atoms with Crippen LogP contribution in [0.4, 0.5) is 5.69 Å². The third-order valence-electron chi connectivity index (χ3n) is 9.88. The van der Waals surface area contributed by atoms with E-state index in [4.69, 9.17) is 32.7 Å². The number of hydrogen-bond acceptors (Lipinski definition) is 6. The van der Waals surface area contributed by atoms with Gasteiger partial charge in [0.1, 0.15) is 11.3 Å². The number of nitrogens with zero attached hydrogens (tertiary/aromatic N) is 2. The minimum atomic E-state index is -0.822. The van der Waals surface area contributed by atoms with Crippen molar-refractivity contribution in [1.29, 1.82) is 0 Å². The Balaban J connectivity index is 1.22. The summed E-state index contributed by atoms with van der Waals surface area (Å²) in [5.74, 6) is 1.52. The topological polar surface area (TPSA) is 63.7 Å². The number of aryl methyl sites for hydroxylation is 1. The first-order valence-electron chi connectivity index (χ1n) is 15.5. The van der Waals surface area contributed by atoms with Gasteiger partial charge >= 0.3 is 5.97 Å². The van der Waals surface area contributed by atoms with Crippen LogP contribution >= 0.6 is 23.2 Å². The van der Waals surface area contributed by atoms with Crippen LogP contribution in [-0.4, -0.2) is 41.7 Å². The van der Waals surface area contributed by atoms with E-state index in [2.05, 4.69) is 41.2 Å². The first kappa shape index (κ1) is 30.2. The van der Waals surface area contributed by atoms with E-state index in [1.807, 2.05) is 42.6 Å². The quantitative estimate of drug-likeness (QED) is 0.256. The zero-order valence-electron chi connectivity index (χ0n) is 25.3. The zero-order chi connectivity index (χ0) is 30.2. The number of carbonyl (C=O) groups excluding carboxylic acids is 1. The Bertz CT molecular complexity index is 1490. The number of halogens is 2. The molecule has 0 saturated heterocycles. The zero-order valence-corrected chi connectivity index (χ0v) is 26.8. The second kappa shape index (κ2) is 12.3. The fraction of sp³-hybridized carbons (Fsp3) is 0.486. The van der Waals surface area contributed by atoms with E-state index in [-0.39, 0.29) is 11.5 Å². The van der Waals surface area contributed by atoms with Crippen LogP contribution in [0.15, 0.2) is 54.7 Å². The highest BCUT2D eigenvalue weighted by molar-refractivity contribution is 6.31. The average Bonchev–Trinajstić information content (AvgIpc) is 3.28. The molecule has 0 unspecified atom stereocenters. The molecule has 1 saturated carbocycles. The van der Waals surface area contributed by atoms with Gasteiger partial charge in [0.05, 0.1) is 13.7 Å². The summed E-state index contributed by atoms with van der Waals surface area (Å²) >= 11 is 12.8. The lowest BCUT2D eigenvalue weighted by Crippen LogP contribution is -2.56. The lowest BCUT2D eigenvalue weighted by atomic mass is 9.69. The van der Waals surface area contributed by atoms with E-state index >= 15 is 0 Å². The van der Waals surface area contributed by atoms with Gasteiger partial charge in [-0.15, -0.1) is 0 Å². The molecular weight excluding hydrogens is 581 g/mol. The molecule has 2 heterocycles. The molecule has 6 nitrogen and oxygen atoms in total. The number of rotatable bonds is 8. The molecule has 43 heavy (non-hydrogen) atoms. The van der Waals surface area contributed by atoms with Gasteiger partial charge in [-0.3, -0.25) is 9.88 Å². The number of fused-ring (bicyclic) bond motifs is 3. The van der Waals surface area contributed by atoms with Gasteiger partial charge in [0, 0.05) is 57.7 Å². The predicted octanol–water partition coefficient (Wildman–Crippen LogP) is 8.15. The predicted molar refractivity (Wildman–Crippen MR) is 172 cm³/mol. The Morgan fingerprint density at radius 1 is 1.12 bits per heavy atom. The number of hydrogen-bond donors (Lipinski definition) is 1. The van der Waals surface area contributed by atoms with Crippen LogP contribution in [0.1, 0.15) is 80.7 Å². The SMILES string of the molecule is COC(=O)C1(Nc2cccc(Cl)c2)CCC2(CC1)c1ccc(Cl)cc1CN2C[C@@H](C)COc1ccnc2c1[C@H](C)CCC2. The molecule has 0 bridgehead atoms.